The number of hydrogen-bond acceptors (Lipinski definition) is 5. The molecule has 1 heterocycles. The van der Waals surface area contributed by atoms with Crippen LogP contribution in [0.25, 0.3) is 6.08 Å². The van der Waals surface area contributed by atoms with E-state index in [4.69, 9.17) is 9.84 Å². The highest BCUT2D eigenvalue weighted by molar-refractivity contribution is 8.18. The molecule has 1 saturated heterocycles. The van der Waals surface area contributed by atoms with Crippen LogP contribution >= 0.6 is 11.8 Å². The van der Waals surface area contributed by atoms with Crippen LogP contribution in [-0.4, -0.2) is 28.3 Å². The zero-order valence-electron chi connectivity index (χ0n) is 13.9. The Bertz CT molecular complexity index is 876. The summed E-state index contributed by atoms with van der Waals surface area (Å²) < 4.78 is 5.28. The molecule has 2 N–H and O–H groups in total. The first-order valence-corrected chi connectivity index (χ1v) is 8.67. The zero-order chi connectivity index (χ0) is 18.5. The molecule has 0 aromatic heterocycles. The number of nitrogens with one attached hydrogen (secondary N) is 1. The van der Waals surface area contributed by atoms with Crippen molar-refractivity contribution in [3.63, 3.8) is 0 Å². The Morgan fingerprint density at radius 1 is 1.19 bits per heavy atom. The maximum atomic E-state index is 12.1. The number of amidine groups is 1. The number of aliphatic imine (C=N–C) groups is 1. The molecule has 26 heavy (non-hydrogen) atoms. The predicted molar refractivity (Wildman–Crippen MR) is 101 cm³/mol. The minimum absolute atomic E-state index is 0.204. The van der Waals surface area contributed by atoms with Gasteiger partial charge in [0.2, 0.25) is 0 Å². The lowest BCUT2D eigenvalue weighted by Gasteiger charge is -2.10. The van der Waals surface area contributed by atoms with E-state index >= 15 is 0 Å². The van der Waals surface area contributed by atoms with E-state index in [1.807, 2.05) is 30.3 Å². The fraction of sp³-hybridized carbons (Fsp3) is 0.105. The molecule has 7 heteroatoms. The second kappa shape index (κ2) is 7.88. The van der Waals surface area contributed by atoms with E-state index in [-0.39, 0.29) is 5.91 Å². The molecule has 2 aromatic rings. The quantitative estimate of drug-likeness (QED) is 0.790. The summed E-state index contributed by atoms with van der Waals surface area (Å²) in [4.78, 5) is 27.8. The smallest absolute Gasteiger partial charge is 0.344 e. The Balaban J connectivity index is 1.71. The number of aliphatic carboxylic acids is 1. The molecule has 1 aliphatic heterocycles. The van der Waals surface area contributed by atoms with Gasteiger partial charge in [-0.05, 0) is 54.6 Å². The van der Waals surface area contributed by atoms with Crippen molar-refractivity contribution in [1.82, 2.24) is 5.32 Å². The van der Waals surface area contributed by atoms with Crippen molar-refractivity contribution >= 4 is 40.6 Å². The first-order chi connectivity index (χ1) is 12.5. The van der Waals surface area contributed by atoms with Crippen LogP contribution in [0, 0.1) is 0 Å². The topological polar surface area (TPSA) is 88.0 Å². The monoisotopic (exact) mass is 368 g/mol. The van der Waals surface area contributed by atoms with Gasteiger partial charge in [0.05, 0.1) is 10.6 Å². The largest absolute Gasteiger partial charge is 0.479 e. The van der Waals surface area contributed by atoms with Crippen molar-refractivity contribution in [2.24, 2.45) is 4.99 Å². The summed E-state index contributed by atoms with van der Waals surface area (Å²) in [5.74, 6) is -0.776. The highest BCUT2D eigenvalue weighted by Gasteiger charge is 2.23. The van der Waals surface area contributed by atoms with E-state index < -0.39 is 12.1 Å². The third-order valence-electron chi connectivity index (χ3n) is 3.48. The Labute approximate surface area is 154 Å². The summed E-state index contributed by atoms with van der Waals surface area (Å²) >= 11 is 1.27. The van der Waals surface area contributed by atoms with Crippen molar-refractivity contribution < 1.29 is 19.4 Å². The van der Waals surface area contributed by atoms with Gasteiger partial charge in [-0.1, -0.05) is 30.3 Å². The van der Waals surface area contributed by atoms with Crippen molar-refractivity contribution in [3.8, 4) is 5.75 Å². The molecule has 0 saturated carbocycles. The molecule has 1 fully saturated rings. The summed E-state index contributed by atoms with van der Waals surface area (Å²) in [6, 6.07) is 16.2. The lowest BCUT2D eigenvalue weighted by Crippen LogP contribution is -2.22. The average molecular weight is 368 g/mol. The van der Waals surface area contributed by atoms with Gasteiger partial charge >= 0.3 is 5.97 Å². The van der Waals surface area contributed by atoms with Crippen molar-refractivity contribution in [1.29, 1.82) is 0 Å². The molecule has 3 rings (SSSR count). The third kappa shape index (κ3) is 4.52. The number of thioether (sulfide) groups is 1. The highest BCUT2D eigenvalue weighted by Crippen LogP contribution is 2.28. The molecule has 0 unspecified atom stereocenters. The standard InChI is InChI=1S/C19H16N2O4S/c1-12(18(23)24)25-15-9-7-13(8-10-15)11-16-17(22)21-19(26-16)20-14-5-3-2-4-6-14/h2-12H,1H3,(H,23,24)(H,20,21,22)/b16-11-/t12-/m1/s1. The molecule has 0 radical (unpaired) electrons. The molecule has 132 valence electrons. The Morgan fingerprint density at radius 2 is 1.88 bits per heavy atom. The Kier molecular flexibility index (Phi) is 5.38. The predicted octanol–water partition coefficient (Wildman–Crippen LogP) is 3.43. The van der Waals surface area contributed by atoms with Gasteiger partial charge in [0.15, 0.2) is 11.3 Å². The van der Waals surface area contributed by atoms with Gasteiger partial charge < -0.3 is 15.2 Å². The number of amides is 1. The Hall–Kier alpha value is -3.06. The fourth-order valence-electron chi connectivity index (χ4n) is 2.15. The van der Waals surface area contributed by atoms with Crippen LogP contribution in [0.5, 0.6) is 5.75 Å². The second-order valence-electron chi connectivity index (χ2n) is 5.48. The van der Waals surface area contributed by atoms with Gasteiger partial charge in [-0.3, -0.25) is 4.79 Å². The number of rotatable bonds is 5. The molecule has 0 aliphatic carbocycles. The van der Waals surface area contributed by atoms with Gasteiger partial charge in [0, 0.05) is 0 Å². The second-order valence-corrected chi connectivity index (χ2v) is 6.52. The number of benzene rings is 2. The van der Waals surface area contributed by atoms with Gasteiger partial charge in [0.25, 0.3) is 5.91 Å². The zero-order valence-corrected chi connectivity index (χ0v) is 14.7. The van der Waals surface area contributed by atoms with Gasteiger partial charge in [-0.15, -0.1) is 0 Å². The van der Waals surface area contributed by atoms with Crippen LogP contribution in [0.2, 0.25) is 0 Å². The van der Waals surface area contributed by atoms with Crippen LogP contribution in [0.3, 0.4) is 0 Å². The van der Waals surface area contributed by atoms with Crippen molar-refractivity contribution in [3.05, 3.63) is 65.1 Å². The summed E-state index contributed by atoms with van der Waals surface area (Å²) in [6.07, 6.45) is 0.824. The molecule has 0 spiro atoms. The molecule has 1 aliphatic rings. The molecular weight excluding hydrogens is 352 g/mol. The third-order valence-corrected chi connectivity index (χ3v) is 4.39. The van der Waals surface area contributed by atoms with E-state index in [1.54, 1.807) is 30.3 Å². The lowest BCUT2D eigenvalue weighted by atomic mass is 10.2. The summed E-state index contributed by atoms with van der Waals surface area (Å²) in [6.45, 7) is 1.46. The fourth-order valence-corrected chi connectivity index (χ4v) is 2.99. The van der Waals surface area contributed by atoms with Gasteiger partial charge in [-0.25, -0.2) is 9.79 Å². The number of nitrogens with zero attached hydrogens (tertiary/aromatic N) is 1. The van der Waals surface area contributed by atoms with E-state index in [0.717, 1.165) is 11.3 Å². The minimum atomic E-state index is -1.03. The van der Waals surface area contributed by atoms with Gasteiger partial charge in [-0.2, -0.15) is 0 Å². The van der Waals surface area contributed by atoms with E-state index in [0.29, 0.717) is 15.8 Å². The highest BCUT2D eigenvalue weighted by atomic mass is 32.2. The Morgan fingerprint density at radius 3 is 2.54 bits per heavy atom. The number of ether oxygens (including phenoxy) is 1. The van der Waals surface area contributed by atoms with Crippen LogP contribution in [0.4, 0.5) is 5.69 Å². The first kappa shape index (κ1) is 17.8. The number of carboxylic acid groups (broad SMARTS) is 1. The van der Waals surface area contributed by atoms with Gasteiger partial charge in [0.1, 0.15) is 5.75 Å². The average Bonchev–Trinajstić information content (AvgIpc) is 2.96. The molecule has 6 nitrogen and oxygen atoms in total. The van der Waals surface area contributed by atoms with Crippen molar-refractivity contribution in [2.45, 2.75) is 13.0 Å². The SMILES string of the molecule is C[C@@H](Oc1ccc(/C=C2\SC(=Nc3ccccc3)NC2=O)cc1)C(=O)O. The molecule has 0 bridgehead atoms. The maximum absolute atomic E-state index is 12.1. The number of carbonyl (C=O) groups is 2. The van der Waals surface area contributed by atoms with E-state index in [9.17, 15) is 9.59 Å². The van der Waals surface area contributed by atoms with E-state index in [1.165, 1.54) is 18.7 Å². The minimum Gasteiger partial charge on any atom is -0.479 e. The van der Waals surface area contributed by atoms with E-state index in [2.05, 4.69) is 10.3 Å². The summed E-state index contributed by atoms with van der Waals surface area (Å²) in [5, 5.41) is 12.1. The molecular formula is C19H16N2O4S. The number of para-hydroxylation sites is 1. The van der Waals surface area contributed by atoms with Crippen LogP contribution in [0.1, 0.15) is 12.5 Å². The molecule has 1 atom stereocenters. The molecule has 2 aromatic carbocycles. The summed E-state index contributed by atoms with van der Waals surface area (Å²) in [7, 11) is 0. The number of carboxylic acids is 1. The summed E-state index contributed by atoms with van der Waals surface area (Å²) in [5.41, 5.74) is 1.57. The van der Waals surface area contributed by atoms with Crippen LogP contribution < -0.4 is 10.1 Å². The van der Waals surface area contributed by atoms with Crippen LogP contribution in [-0.2, 0) is 9.59 Å². The number of hydrogen-bond donors (Lipinski definition) is 2. The number of carbonyl (C=O) groups excluding carboxylic acids is 1. The maximum Gasteiger partial charge on any atom is 0.344 e. The van der Waals surface area contributed by atoms with Crippen LogP contribution in [0.15, 0.2) is 64.5 Å². The van der Waals surface area contributed by atoms with Crippen molar-refractivity contribution in [2.75, 3.05) is 0 Å². The molecule has 1 amide bonds. The first-order valence-electron chi connectivity index (χ1n) is 7.85. The lowest BCUT2D eigenvalue weighted by molar-refractivity contribution is -0.144. The normalized spacial score (nSPS) is 18.0.